The zero-order valence-corrected chi connectivity index (χ0v) is 13.0. The molecule has 0 unspecified atom stereocenters. The topological polar surface area (TPSA) is 75.4 Å². The standard InChI is InChI=1S/C16H14F3N3O3/c17-16(18,19)13-12(15(24)25)9-20-22(13)11-5-3-10(4-6-11)14(23)21-7-1-2-8-21/h3-6,9H,1-2,7-8H2,(H,24,25). The summed E-state index contributed by atoms with van der Waals surface area (Å²) in [5, 5.41) is 12.5. The molecule has 1 amide bonds. The molecule has 1 saturated heterocycles. The molecule has 2 heterocycles. The summed E-state index contributed by atoms with van der Waals surface area (Å²) in [5.74, 6) is -1.88. The first-order chi connectivity index (χ1) is 11.8. The fraction of sp³-hybridized carbons (Fsp3) is 0.312. The Morgan fingerprint density at radius 3 is 2.20 bits per heavy atom. The Morgan fingerprint density at radius 2 is 1.68 bits per heavy atom. The van der Waals surface area contributed by atoms with Crippen LogP contribution in [-0.2, 0) is 6.18 Å². The molecule has 0 spiro atoms. The fourth-order valence-corrected chi connectivity index (χ4v) is 2.82. The number of carbonyl (C=O) groups excluding carboxylic acids is 1. The Hall–Kier alpha value is -2.84. The Morgan fingerprint density at radius 1 is 1.08 bits per heavy atom. The summed E-state index contributed by atoms with van der Waals surface area (Å²) in [4.78, 5) is 24.9. The average molecular weight is 353 g/mol. The van der Waals surface area contributed by atoms with Crippen molar-refractivity contribution in [1.29, 1.82) is 0 Å². The molecular weight excluding hydrogens is 339 g/mol. The number of hydrogen-bond donors (Lipinski definition) is 1. The van der Waals surface area contributed by atoms with Gasteiger partial charge in [-0.25, -0.2) is 9.48 Å². The third-order valence-electron chi connectivity index (χ3n) is 4.02. The number of benzene rings is 1. The predicted octanol–water partition coefficient (Wildman–Crippen LogP) is 2.83. The van der Waals surface area contributed by atoms with Crippen molar-refractivity contribution in [1.82, 2.24) is 14.7 Å². The van der Waals surface area contributed by atoms with Crippen LogP contribution in [0.25, 0.3) is 5.69 Å². The van der Waals surface area contributed by atoms with Gasteiger partial charge in [-0.2, -0.15) is 18.3 Å². The normalized spacial score (nSPS) is 14.8. The van der Waals surface area contributed by atoms with Gasteiger partial charge in [0.15, 0.2) is 5.69 Å². The molecule has 132 valence electrons. The summed E-state index contributed by atoms with van der Waals surface area (Å²) < 4.78 is 40.2. The Balaban J connectivity index is 1.95. The minimum absolute atomic E-state index is 0.0257. The maximum Gasteiger partial charge on any atom is 0.434 e. The number of halogens is 3. The fourth-order valence-electron chi connectivity index (χ4n) is 2.82. The zero-order chi connectivity index (χ0) is 18.2. The van der Waals surface area contributed by atoms with E-state index in [1.54, 1.807) is 4.90 Å². The third-order valence-corrected chi connectivity index (χ3v) is 4.02. The Bertz CT molecular complexity index is 806. The smallest absolute Gasteiger partial charge is 0.434 e. The number of alkyl halides is 3. The van der Waals surface area contributed by atoms with E-state index in [0.717, 1.165) is 12.8 Å². The van der Waals surface area contributed by atoms with E-state index < -0.39 is 23.4 Å². The lowest BCUT2D eigenvalue weighted by molar-refractivity contribution is -0.143. The molecule has 0 bridgehead atoms. The van der Waals surface area contributed by atoms with Crippen molar-refractivity contribution in [3.05, 3.63) is 47.3 Å². The van der Waals surface area contributed by atoms with Gasteiger partial charge in [-0.05, 0) is 37.1 Å². The number of likely N-dealkylation sites (tertiary alicyclic amines) is 1. The van der Waals surface area contributed by atoms with Crippen LogP contribution in [0.2, 0.25) is 0 Å². The second-order valence-corrected chi connectivity index (χ2v) is 5.67. The van der Waals surface area contributed by atoms with Gasteiger partial charge in [-0.3, -0.25) is 4.79 Å². The molecule has 1 aromatic carbocycles. The van der Waals surface area contributed by atoms with E-state index in [2.05, 4.69) is 5.10 Å². The van der Waals surface area contributed by atoms with Crippen LogP contribution in [0.15, 0.2) is 30.5 Å². The van der Waals surface area contributed by atoms with Crippen LogP contribution in [0, 0.1) is 0 Å². The summed E-state index contributed by atoms with van der Waals surface area (Å²) in [5.41, 5.74) is -1.90. The quantitative estimate of drug-likeness (QED) is 0.921. The molecule has 0 aliphatic carbocycles. The van der Waals surface area contributed by atoms with E-state index in [-0.39, 0.29) is 11.6 Å². The highest BCUT2D eigenvalue weighted by Crippen LogP contribution is 2.33. The summed E-state index contributed by atoms with van der Waals surface area (Å²) in [6.07, 6.45) is -2.35. The van der Waals surface area contributed by atoms with Crippen LogP contribution in [0.4, 0.5) is 13.2 Å². The van der Waals surface area contributed by atoms with Gasteiger partial charge in [0.2, 0.25) is 0 Å². The number of carbonyl (C=O) groups is 2. The van der Waals surface area contributed by atoms with Crippen molar-refractivity contribution >= 4 is 11.9 Å². The number of aromatic nitrogens is 2. The first kappa shape index (κ1) is 17.0. The molecule has 25 heavy (non-hydrogen) atoms. The van der Waals surface area contributed by atoms with Crippen molar-refractivity contribution in [2.24, 2.45) is 0 Å². The molecule has 9 heteroatoms. The maximum atomic E-state index is 13.2. The molecule has 1 aliphatic heterocycles. The van der Waals surface area contributed by atoms with Gasteiger partial charge in [0.1, 0.15) is 5.56 Å². The van der Waals surface area contributed by atoms with Crippen molar-refractivity contribution in [2.75, 3.05) is 13.1 Å². The molecule has 0 saturated carbocycles. The van der Waals surface area contributed by atoms with Crippen LogP contribution in [0.5, 0.6) is 0 Å². The van der Waals surface area contributed by atoms with Crippen LogP contribution in [0.3, 0.4) is 0 Å². The van der Waals surface area contributed by atoms with E-state index in [1.165, 1.54) is 24.3 Å². The molecule has 1 aliphatic rings. The largest absolute Gasteiger partial charge is 0.478 e. The van der Waals surface area contributed by atoms with Gasteiger partial charge in [0, 0.05) is 18.7 Å². The molecule has 0 radical (unpaired) electrons. The van der Waals surface area contributed by atoms with Crippen molar-refractivity contribution < 1.29 is 27.9 Å². The van der Waals surface area contributed by atoms with Gasteiger partial charge in [-0.15, -0.1) is 0 Å². The van der Waals surface area contributed by atoms with Crippen LogP contribution < -0.4 is 0 Å². The molecule has 1 N–H and O–H groups in total. The van der Waals surface area contributed by atoms with Crippen LogP contribution >= 0.6 is 0 Å². The first-order valence-electron chi connectivity index (χ1n) is 7.57. The maximum absolute atomic E-state index is 13.2. The monoisotopic (exact) mass is 353 g/mol. The van der Waals surface area contributed by atoms with E-state index in [4.69, 9.17) is 5.11 Å². The number of amides is 1. The SMILES string of the molecule is O=C(O)c1cnn(-c2ccc(C(=O)N3CCCC3)cc2)c1C(F)(F)F. The lowest BCUT2D eigenvalue weighted by Crippen LogP contribution is -2.27. The van der Waals surface area contributed by atoms with E-state index in [1.807, 2.05) is 0 Å². The number of aromatic carboxylic acids is 1. The highest BCUT2D eigenvalue weighted by atomic mass is 19.4. The minimum atomic E-state index is -4.88. The molecule has 0 atom stereocenters. The molecule has 2 aromatic rings. The number of carboxylic acids is 1. The van der Waals surface area contributed by atoms with Gasteiger partial charge >= 0.3 is 12.1 Å². The van der Waals surface area contributed by atoms with E-state index in [0.29, 0.717) is 29.5 Å². The number of hydrogen-bond acceptors (Lipinski definition) is 3. The Labute approximate surface area is 140 Å². The van der Waals surface area contributed by atoms with Crippen LogP contribution in [-0.4, -0.2) is 44.8 Å². The summed E-state index contributed by atoms with van der Waals surface area (Å²) in [6, 6.07) is 5.46. The highest BCUT2D eigenvalue weighted by Gasteiger charge is 2.40. The van der Waals surface area contributed by atoms with E-state index >= 15 is 0 Å². The molecule has 6 nitrogen and oxygen atoms in total. The second-order valence-electron chi connectivity index (χ2n) is 5.67. The second kappa shape index (κ2) is 6.23. The summed E-state index contributed by atoms with van der Waals surface area (Å²) >= 11 is 0. The van der Waals surface area contributed by atoms with Gasteiger partial charge in [-0.1, -0.05) is 0 Å². The minimum Gasteiger partial charge on any atom is -0.478 e. The van der Waals surface area contributed by atoms with Crippen molar-refractivity contribution in [3.63, 3.8) is 0 Å². The number of carboxylic acid groups (broad SMARTS) is 1. The molecular formula is C16H14F3N3O3. The number of rotatable bonds is 3. The summed E-state index contributed by atoms with van der Waals surface area (Å²) in [6.45, 7) is 1.33. The first-order valence-corrected chi connectivity index (χ1v) is 7.57. The molecule has 3 rings (SSSR count). The van der Waals surface area contributed by atoms with Gasteiger partial charge in [0.25, 0.3) is 5.91 Å². The summed E-state index contributed by atoms with van der Waals surface area (Å²) in [7, 11) is 0. The van der Waals surface area contributed by atoms with Gasteiger partial charge in [0.05, 0.1) is 11.9 Å². The van der Waals surface area contributed by atoms with Crippen molar-refractivity contribution in [3.8, 4) is 5.69 Å². The molecule has 1 aromatic heterocycles. The lowest BCUT2D eigenvalue weighted by atomic mass is 10.1. The average Bonchev–Trinajstić information content (AvgIpc) is 3.23. The molecule has 1 fully saturated rings. The zero-order valence-electron chi connectivity index (χ0n) is 13.0. The lowest BCUT2D eigenvalue weighted by Gasteiger charge is -2.16. The Kier molecular flexibility index (Phi) is 4.23. The van der Waals surface area contributed by atoms with Gasteiger partial charge < -0.3 is 10.0 Å². The van der Waals surface area contributed by atoms with Crippen LogP contribution in [0.1, 0.15) is 39.3 Å². The highest BCUT2D eigenvalue weighted by molar-refractivity contribution is 5.94. The number of nitrogens with zero attached hydrogens (tertiary/aromatic N) is 3. The van der Waals surface area contributed by atoms with E-state index in [9.17, 15) is 22.8 Å². The third kappa shape index (κ3) is 3.21. The van der Waals surface area contributed by atoms with Crippen molar-refractivity contribution in [2.45, 2.75) is 19.0 Å². The predicted molar refractivity (Wildman–Crippen MR) is 80.7 cm³/mol.